The number of benzene rings is 2. The summed E-state index contributed by atoms with van der Waals surface area (Å²) in [6.45, 7) is 4.39. The van der Waals surface area contributed by atoms with Gasteiger partial charge in [-0.15, -0.1) is 0 Å². The minimum Gasteiger partial charge on any atom is -0.509 e. The predicted molar refractivity (Wildman–Crippen MR) is 128 cm³/mol. The van der Waals surface area contributed by atoms with Gasteiger partial charge in [-0.25, -0.2) is 4.79 Å². The topological polar surface area (TPSA) is 119 Å². The molecule has 9 nitrogen and oxygen atoms in total. The third kappa shape index (κ3) is 5.37. The minimum atomic E-state index is -4.38. The summed E-state index contributed by atoms with van der Waals surface area (Å²) in [4.78, 5) is 40.4. The third-order valence-electron chi connectivity index (χ3n) is 5.31. The number of ether oxygens (including phenoxy) is 1. The van der Waals surface area contributed by atoms with Gasteiger partial charge in [0.1, 0.15) is 11.8 Å². The number of aliphatic hydroxyl groups is 1. The summed E-state index contributed by atoms with van der Waals surface area (Å²) >= 11 is 0. The maximum Gasteiger partial charge on any atom is 0.372 e. The van der Waals surface area contributed by atoms with Crippen molar-refractivity contribution in [3.05, 3.63) is 82.4 Å². The van der Waals surface area contributed by atoms with Crippen molar-refractivity contribution in [2.75, 3.05) is 19.8 Å². The summed E-state index contributed by atoms with van der Waals surface area (Å²) in [5.41, 5.74) is 0.990. The maximum atomic E-state index is 13.7. The molecule has 0 bridgehead atoms. The molecule has 35 heavy (non-hydrogen) atoms. The summed E-state index contributed by atoms with van der Waals surface area (Å²) in [5, 5.41) is 10.8. The molecule has 1 atom stereocenters. The van der Waals surface area contributed by atoms with Crippen LogP contribution in [0, 0.1) is 0 Å². The summed E-state index contributed by atoms with van der Waals surface area (Å²) < 4.78 is 29.4. The van der Waals surface area contributed by atoms with Crippen LogP contribution in [0.5, 0.6) is 0 Å². The van der Waals surface area contributed by atoms with Gasteiger partial charge < -0.3 is 18.9 Å². The number of fused-ring (bicyclic) bond motifs is 1. The van der Waals surface area contributed by atoms with Gasteiger partial charge in [-0.3, -0.25) is 19.1 Å². The zero-order valence-electron chi connectivity index (χ0n) is 19.8. The largest absolute Gasteiger partial charge is 0.509 e. The Bertz CT molecular complexity index is 1130. The average molecular weight is 501 g/mol. The molecule has 2 aromatic rings. The number of amides is 2. The molecule has 186 valence electrons. The van der Waals surface area contributed by atoms with Gasteiger partial charge >= 0.3 is 13.6 Å². The number of imide groups is 1. The van der Waals surface area contributed by atoms with E-state index >= 15 is 0 Å². The summed E-state index contributed by atoms with van der Waals surface area (Å²) in [5.74, 6) is -3.20. The molecule has 10 heteroatoms. The molecule has 0 radical (unpaired) electrons. The van der Waals surface area contributed by atoms with Gasteiger partial charge in [-0.2, -0.15) is 0 Å². The normalized spacial score (nSPS) is 15.0. The molecular formula is C25H28NO8P. The summed E-state index contributed by atoms with van der Waals surface area (Å²) in [6.07, 6.45) is -0.0563. The fourth-order valence-electron chi connectivity index (χ4n) is 3.86. The van der Waals surface area contributed by atoms with Crippen molar-refractivity contribution in [2.24, 2.45) is 0 Å². The molecule has 0 spiro atoms. The van der Waals surface area contributed by atoms with Gasteiger partial charge in [-0.1, -0.05) is 42.5 Å². The van der Waals surface area contributed by atoms with Crippen molar-refractivity contribution in [2.45, 2.75) is 33.2 Å². The number of carbonyl (C=O) groups excluding carboxylic acids is 3. The number of hydrogen-bond donors (Lipinski definition) is 1. The van der Waals surface area contributed by atoms with Crippen LogP contribution in [0.1, 0.15) is 47.1 Å². The highest BCUT2D eigenvalue weighted by Crippen LogP contribution is 2.58. The lowest BCUT2D eigenvalue weighted by atomic mass is 10.0. The molecule has 0 aliphatic carbocycles. The Morgan fingerprint density at radius 3 is 1.89 bits per heavy atom. The third-order valence-corrected chi connectivity index (χ3v) is 7.46. The van der Waals surface area contributed by atoms with Crippen LogP contribution in [0.4, 0.5) is 0 Å². The van der Waals surface area contributed by atoms with Crippen LogP contribution < -0.4 is 0 Å². The monoisotopic (exact) mass is 501 g/mol. The number of aliphatic hydroxyl groups excluding tert-OH is 1. The highest BCUT2D eigenvalue weighted by molar-refractivity contribution is 7.60. The Morgan fingerprint density at radius 1 is 0.886 bits per heavy atom. The molecule has 1 N–H and O–H groups in total. The van der Waals surface area contributed by atoms with E-state index in [1.165, 1.54) is 12.1 Å². The Morgan fingerprint density at radius 2 is 1.40 bits per heavy atom. The lowest BCUT2D eigenvalue weighted by Crippen LogP contribution is -2.43. The molecular weight excluding hydrogens is 473 g/mol. The summed E-state index contributed by atoms with van der Waals surface area (Å²) in [7, 11) is -4.38. The lowest BCUT2D eigenvalue weighted by molar-refractivity contribution is -0.138. The number of nitrogens with zero attached hydrogens (tertiary/aromatic N) is 1. The number of rotatable bonds is 11. The quantitative estimate of drug-likeness (QED) is 0.157. The molecule has 1 aliphatic heterocycles. The molecule has 2 amide bonds. The van der Waals surface area contributed by atoms with Crippen LogP contribution in [0.25, 0.3) is 0 Å². The fraction of sp³-hybridized carbons (Fsp3) is 0.320. The van der Waals surface area contributed by atoms with Crippen LogP contribution in [0.2, 0.25) is 0 Å². The van der Waals surface area contributed by atoms with Crippen LogP contribution in [0.15, 0.2) is 65.7 Å². The Kier molecular flexibility index (Phi) is 8.62. The molecule has 3 rings (SSSR count). The van der Waals surface area contributed by atoms with E-state index in [0.717, 1.165) is 4.90 Å². The minimum absolute atomic E-state index is 0.0563. The van der Waals surface area contributed by atoms with E-state index in [0.29, 0.717) is 5.56 Å². The van der Waals surface area contributed by atoms with Gasteiger partial charge in [0.05, 0.1) is 30.9 Å². The van der Waals surface area contributed by atoms with Gasteiger partial charge in [0.25, 0.3) is 11.8 Å². The van der Waals surface area contributed by atoms with Crippen LogP contribution in [-0.4, -0.2) is 53.7 Å². The lowest BCUT2D eigenvalue weighted by Gasteiger charge is -2.28. The zero-order chi connectivity index (χ0) is 25.6. The second-order valence-corrected chi connectivity index (χ2v) is 9.48. The molecule has 0 fully saturated rings. The van der Waals surface area contributed by atoms with Crippen molar-refractivity contribution in [1.82, 2.24) is 4.90 Å². The van der Waals surface area contributed by atoms with E-state index in [-0.39, 0.29) is 37.4 Å². The van der Waals surface area contributed by atoms with Gasteiger partial charge in [0.15, 0.2) is 5.31 Å². The number of hydrogen-bond acceptors (Lipinski definition) is 8. The van der Waals surface area contributed by atoms with Crippen molar-refractivity contribution < 1.29 is 37.8 Å². The van der Waals surface area contributed by atoms with Crippen molar-refractivity contribution in [1.29, 1.82) is 0 Å². The van der Waals surface area contributed by atoms with E-state index in [1.54, 1.807) is 63.2 Å². The fourth-order valence-corrected chi connectivity index (χ4v) is 5.59. The van der Waals surface area contributed by atoms with E-state index in [1.807, 2.05) is 0 Å². The SMILES string of the molecule is CCOC(=O)/C(=C(\O)C(Cc1ccccc1)N1C(=O)c2ccccc2C1=O)P(=O)(OCC)OCC. The first-order valence-corrected chi connectivity index (χ1v) is 12.8. The first-order valence-electron chi connectivity index (χ1n) is 11.3. The van der Waals surface area contributed by atoms with Gasteiger partial charge in [-0.05, 0) is 38.5 Å². The molecule has 2 aromatic carbocycles. The average Bonchev–Trinajstić information content (AvgIpc) is 3.09. The second kappa shape index (κ2) is 11.4. The highest BCUT2D eigenvalue weighted by atomic mass is 31.2. The van der Waals surface area contributed by atoms with Crippen molar-refractivity contribution in [3.63, 3.8) is 0 Å². The first-order chi connectivity index (χ1) is 16.8. The predicted octanol–water partition coefficient (Wildman–Crippen LogP) is 4.49. The summed E-state index contributed by atoms with van der Waals surface area (Å²) in [6, 6.07) is 13.7. The molecule has 0 saturated carbocycles. The molecule has 0 aromatic heterocycles. The van der Waals surface area contributed by atoms with E-state index in [2.05, 4.69) is 0 Å². The van der Waals surface area contributed by atoms with Crippen LogP contribution >= 0.6 is 7.60 Å². The van der Waals surface area contributed by atoms with E-state index in [9.17, 15) is 24.1 Å². The Labute approximate surface area is 203 Å². The molecule has 0 saturated heterocycles. The molecule has 1 heterocycles. The standard InChI is InChI=1S/C25H28NO8P/c1-4-32-25(30)22(35(31,33-5-2)34-6-3)21(27)20(16-17-12-8-7-9-13-17)26-23(28)18-14-10-11-15-19(18)24(26)29/h7-15,20,27H,4-6,16H2,1-3H3/b22-21+. The maximum absolute atomic E-state index is 13.7. The highest BCUT2D eigenvalue weighted by Gasteiger charge is 2.47. The molecule has 1 aliphatic rings. The van der Waals surface area contributed by atoms with Crippen molar-refractivity contribution >= 4 is 25.4 Å². The van der Waals surface area contributed by atoms with E-state index < -0.39 is 42.5 Å². The first kappa shape index (κ1) is 26.3. The smallest absolute Gasteiger partial charge is 0.372 e. The van der Waals surface area contributed by atoms with Gasteiger partial charge in [0, 0.05) is 6.42 Å². The van der Waals surface area contributed by atoms with E-state index in [4.69, 9.17) is 13.8 Å². The van der Waals surface area contributed by atoms with Crippen LogP contribution in [-0.2, 0) is 29.6 Å². The van der Waals surface area contributed by atoms with Gasteiger partial charge in [0.2, 0.25) is 0 Å². The Hall–Kier alpha value is -3.26. The Balaban J connectivity index is 2.23. The van der Waals surface area contributed by atoms with Crippen LogP contribution in [0.3, 0.4) is 0 Å². The molecule has 1 unspecified atom stereocenters. The number of carbonyl (C=O) groups is 3. The second-order valence-electron chi connectivity index (χ2n) is 7.52. The number of esters is 1. The zero-order valence-corrected chi connectivity index (χ0v) is 20.7. The van der Waals surface area contributed by atoms with Crippen molar-refractivity contribution in [3.8, 4) is 0 Å².